The predicted octanol–water partition coefficient (Wildman–Crippen LogP) is 3.60. The van der Waals surface area contributed by atoms with Crippen LogP contribution >= 0.6 is 0 Å². The highest BCUT2D eigenvalue weighted by atomic mass is 16.3. The van der Waals surface area contributed by atoms with Crippen molar-refractivity contribution < 1.29 is 9.90 Å². The van der Waals surface area contributed by atoms with Crippen molar-refractivity contribution in [1.29, 1.82) is 0 Å². The van der Waals surface area contributed by atoms with E-state index in [2.05, 4.69) is 39.0 Å². The molecule has 0 amide bonds. The molecule has 0 fully saturated rings. The van der Waals surface area contributed by atoms with Crippen molar-refractivity contribution in [3.63, 3.8) is 0 Å². The fourth-order valence-corrected chi connectivity index (χ4v) is 1.35. The molecular formula is C16H26O2. The minimum atomic E-state index is -0.339. The summed E-state index contributed by atoms with van der Waals surface area (Å²) in [6.07, 6.45) is 0.558. The summed E-state index contributed by atoms with van der Waals surface area (Å²) in [5.41, 5.74) is 3.77. The molecule has 0 unspecified atom stereocenters. The van der Waals surface area contributed by atoms with Crippen molar-refractivity contribution in [3.8, 4) is 0 Å². The lowest BCUT2D eigenvalue weighted by Crippen LogP contribution is -2.22. The molecule has 1 aromatic carbocycles. The summed E-state index contributed by atoms with van der Waals surface area (Å²) in [6, 6.07) is 6.50. The zero-order valence-corrected chi connectivity index (χ0v) is 12.5. The average Bonchev–Trinajstić information content (AvgIpc) is 2.24. The van der Waals surface area contributed by atoms with Crippen LogP contribution in [0.2, 0.25) is 0 Å². The Balaban J connectivity index is 0.000000321. The fraction of sp³-hybridized carbons (Fsp3) is 0.562. The van der Waals surface area contributed by atoms with Gasteiger partial charge in [0.25, 0.3) is 0 Å². The van der Waals surface area contributed by atoms with Crippen molar-refractivity contribution in [2.45, 2.75) is 48.0 Å². The molecule has 0 spiro atoms. The highest BCUT2D eigenvalue weighted by Gasteiger charge is 2.21. The van der Waals surface area contributed by atoms with Gasteiger partial charge < -0.3 is 5.11 Å². The van der Waals surface area contributed by atoms with Gasteiger partial charge in [0, 0.05) is 12.0 Å². The Bertz CT molecular complexity index is 392. The van der Waals surface area contributed by atoms with Gasteiger partial charge in [-0.25, -0.2) is 0 Å². The molecule has 0 aliphatic heterocycles. The average molecular weight is 250 g/mol. The van der Waals surface area contributed by atoms with Crippen LogP contribution in [-0.4, -0.2) is 17.5 Å². The number of carbonyl (C=O) groups is 1. The maximum atomic E-state index is 10.7. The number of benzene rings is 1. The summed E-state index contributed by atoms with van der Waals surface area (Å²) in [5.74, 6) is 0.136. The summed E-state index contributed by atoms with van der Waals surface area (Å²) < 4.78 is 0. The zero-order chi connectivity index (χ0) is 14.3. The molecule has 0 aliphatic carbocycles. The van der Waals surface area contributed by atoms with E-state index in [9.17, 15) is 4.79 Å². The van der Waals surface area contributed by atoms with Crippen molar-refractivity contribution in [3.05, 3.63) is 34.9 Å². The van der Waals surface area contributed by atoms with Gasteiger partial charge in [0.05, 0.1) is 0 Å². The van der Waals surface area contributed by atoms with E-state index in [1.807, 2.05) is 13.8 Å². The van der Waals surface area contributed by atoms with Crippen LogP contribution in [0.1, 0.15) is 43.9 Å². The van der Waals surface area contributed by atoms with E-state index < -0.39 is 0 Å². The molecule has 0 radical (unpaired) electrons. The monoisotopic (exact) mass is 250 g/mol. The largest absolute Gasteiger partial charge is 0.396 e. The van der Waals surface area contributed by atoms with Crippen molar-refractivity contribution in [1.82, 2.24) is 0 Å². The summed E-state index contributed by atoms with van der Waals surface area (Å²) in [6.45, 7) is 11.7. The highest BCUT2D eigenvalue weighted by Crippen LogP contribution is 2.19. The van der Waals surface area contributed by atoms with Gasteiger partial charge in [-0.15, -0.1) is 0 Å². The first-order chi connectivity index (χ1) is 8.20. The summed E-state index contributed by atoms with van der Waals surface area (Å²) in [4.78, 5) is 10.7. The third kappa shape index (κ3) is 5.97. The molecule has 0 atom stereocenters. The number of aliphatic hydroxyl groups excluding tert-OH is 1. The van der Waals surface area contributed by atoms with Crippen molar-refractivity contribution >= 4 is 5.78 Å². The molecule has 18 heavy (non-hydrogen) atoms. The molecule has 0 bridgehead atoms. The van der Waals surface area contributed by atoms with Crippen molar-refractivity contribution in [2.75, 3.05) is 6.61 Å². The van der Waals surface area contributed by atoms with Crippen LogP contribution in [-0.2, 0) is 4.79 Å². The Morgan fingerprint density at radius 2 is 1.72 bits per heavy atom. The van der Waals surface area contributed by atoms with E-state index in [1.54, 1.807) is 6.92 Å². The number of rotatable bonds is 3. The van der Waals surface area contributed by atoms with Crippen LogP contribution in [0.4, 0.5) is 0 Å². The van der Waals surface area contributed by atoms with E-state index in [1.165, 1.54) is 16.7 Å². The summed E-state index contributed by atoms with van der Waals surface area (Å²) >= 11 is 0. The van der Waals surface area contributed by atoms with Crippen molar-refractivity contribution in [2.24, 2.45) is 5.41 Å². The molecule has 2 nitrogen and oxygen atoms in total. The topological polar surface area (TPSA) is 37.3 Å². The lowest BCUT2D eigenvalue weighted by atomic mass is 9.86. The first-order valence-electron chi connectivity index (χ1n) is 6.36. The van der Waals surface area contributed by atoms with E-state index >= 15 is 0 Å². The number of carbonyl (C=O) groups excluding carboxylic acids is 1. The van der Waals surface area contributed by atoms with Crippen LogP contribution in [0.15, 0.2) is 18.2 Å². The first-order valence-corrected chi connectivity index (χ1v) is 6.36. The van der Waals surface area contributed by atoms with Crippen LogP contribution < -0.4 is 0 Å². The smallest absolute Gasteiger partial charge is 0.135 e. The Morgan fingerprint density at radius 1 is 1.17 bits per heavy atom. The van der Waals surface area contributed by atoms with Gasteiger partial charge in [-0.05, 0) is 45.2 Å². The number of aryl methyl sites for hydroxylation is 3. The van der Waals surface area contributed by atoms with Gasteiger partial charge >= 0.3 is 0 Å². The number of hydrogen-bond acceptors (Lipinski definition) is 2. The molecule has 0 saturated heterocycles. The van der Waals surface area contributed by atoms with Gasteiger partial charge in [-0.1, -0.05) is 37.6 Å². The second kappa shape index (κ2) is 7.32. The van der Waals surface area contributed by atoms with Crippen LogP contribution in [0.5, 0.6) is 0 Å². The molecule has 0 aromatic heterocycles. The number of aliphatic hydroxyl groups is 1. The fourth-order valence-electron chi connectivity index (χ4n) is 1.35. The molecule has 1 aromatic rings. The lowest BCUT2D eigenvalue weighted by Gasteiger charge is -2.18. The predicted molar refractivity (Wildman–Crippen MR) is 76.8 cm³/mol. The normalized spacial score (nSPS) is 10.6. The van der Waals surface area contributed by atoms with Gasteiger partial charge in [0.15, 0.2) is 0 Å². The Labute approximate surface area is 111 Å². The number of hydrogen-bond donors (Lipinski definition) is 1. The molecule has 2 heteroatoms. The molecule has 1 rings (SSSR count). The third-order valence-corrected chi connectivity index (χ3v) is 3.35. The zero-order valence-electron chi connectivity index (χ0n) is 12.5. The maximum absolute atomic E-state index is 10.7. The summed E-state index contributed by atoms with van der Waals surface area (Å²) in [7, 11) is 0. The van der Waals surface area contributed by atoms with E-state index in [-0.39, 0.29) is 17.8 Å². The van der Waals surface area contributed by atoms with Gasteiger partial charge in [-0.3, -0.25) is 4.79 Å². The quantitative estimate of drug-likeness (QED) is 0.890. The van der Waals surface area contributed by atoms with Crippen LogP contribution in [0.3, 0.4) is 0 Å². The van der Waals surface area contributed by atoms with Gasteiger partial charge in [0.1, 0.15) is 5.78 Å². The molecule has 0 aliphatic rings. The Kier molecular flexibility index (Phi) is 6.85. The van der Waals surface area contributed by atoms with E-state index in [4.69, 9.17) is 5.11 Å². The second-order valence-corrected chi connectivity index (χ2v) is 5.50. The Morgan fingerprint density at radius 3 is 2.00 bits per heavy atom. The molecular weight excluding hydrogens is 224 g/mol. The van der Waals surface area contributed by atoms with Gasteiger partial charge in [0.2, 0.25) is 0 Å². The first kappa shape index (κ1) is 16.9. The summed E-state index contributed by atoms with van der Waals surface area (Å²) in [5, 5.41) is 8.50. The molecule has 1 N–H and O–H groups in total. The second-order valence-electron chi connectivity index (χ2n) is 5.50. The number of ketones is 1. The maximum Gasteiger partial charge on any atom is 0.135 e. The van der Waals surface area contributed by atoms with E-state index in [0.717, 1.165) is 0 Å². The third-order valence-electron chi connectivity index (χ3n) is 3.35. The highest BCUT2D eigenvalue weighted by molar-refractivity contribution is 5.81. The Hall–Kier alpha value is -1.15. The van der Waals surface area contributed by atoms with Crippen LogP contribution in [0, 0.1) is 26.2 Å². The van der Waals surface area contributed by atoms with E-state index in [0.29, 0.717) is 6.42 Å². The molecule has 0 heterocycles. The molecule has 0 saturated carbocycles. The number of Topliss-reactive ketones (excluding diaryl/α,β-unsaturated/α-hetero) is 1. The SMILES string of the molecule is CC(=O)C(C)(C)CCO.Cc1ccc(C)c(C)c1. The minimum Gasteiger partial charge on any atom is -0.396 e. The lowest BCUT2D eigenvalue weighted by molar-refractivity contribution is -0.125. The molecule has 102 valence electrons. The van der Waals surface area contributed by atoms with Gasteiger partial charge in [-0.2, -0.15) is 0 Å². The standard InChI is InChI=1S/C9H12.C7H14O2/c1-7-4-5-8(2)9(3)6-7;1-6(9)7(2,3)4-5-8/h4-6H,1-3H3;8H,4-5H2,1-3H3. The minimum absolute atomic E-state index is 0.0899. The van der Waals surface area contributed by atoms with Crippen LogP contribution in [0.25, 0.3) is 0 Å².